The lowest BCUT2D eigenvalue weighted by Gasteiger charge is -2.30. The minimum Gasteiger partial charge on any atom is -0.495 e. The van der Waals surface area contributed by atoms with E-state index in [-0.39, 0.29) is 22.4 Å². The van der Waals surface area contributed by atoms with Crippen LogP contribution in [0, 0.1) is 6.92 Å². The monoisotopic (exact) mass is 436 g/mol. The van der Waals surface area contributed by atoms with Crippen LogP contribution >= 0.6 is 11.6 Å². The van der Waals surface area contributed by atoms with E-state index in [1.165, 1.54) is 13.2 Å². The number of likely N-dealkylation sites (tertiary alicyclic amines) is 1. The molecular weight excluding hydrogens is 412 g/mol. The van der Waals surface area contributed by atoms with Gasteiger partial charge >= 0.3 is 0 Å². The minimum absolute atomic E-state index is 0.126. The average Bonchev–Trinajstić information content (AvgIpc) is 2.72. The van der Waals surface area contributed by atoms with Crippen LogP contribution in [0.15, 0.2) is 47.4 Å². The molecule has 3 rings (SSSR count). The summed E-state index contributed by atoms with van der Waals surface area (Å²) in [5.74, 6) is 0.220. The first-order chi connectivity index (χ1) is 13.8. The number of anilines is 1. The molecule has 8 heteroatoms. The van der Waals surface area contributed by atoms with Crippen molar-refractivity contribution in [3.05, 3.63) is 53.1 Å². The number of benzene rings is 2. The molecule has 1 fully saturated rings. The van der Waals surface area contributed by atoms with Crippen molar-refractivity contribution in [3.8, 4) is 5.75 Å². The molecule has 2 aromatic rings. The predicted molar refractivity (Wildman–Crippen MR) is 114 cm³/mol. The number of ether oxygens (including phenoxy) is 1. The van der Waals surface area contributed by atoms with Gasteiger partial charge in [0.2, 0.25) is 5.91 Å². The highest BCUT2D eigenvalue weighted by Crippen LogP contribution is 2.32. The molecule has 1 saturated heterocycles. The average molecular weight is 437 g/mol. The lowest BCUT2D eigenvalue weighted by atomic mass is 10.1. The summed E-state index contributed by atoms with van der Waals surface area (Å²) in [6.45, 7) is 2.91. The van der Waals surface area contributed by atoms with Gasteiger partial charge in [-0.1, -0.05) is 29.3 Å². The maximum Gasteiger partial charge on any atom is 0.264 e. The molecule has 0 aromatic heterocycles. The van der Waals surface area contributed by atoms with Crippen LogP contribution in [0.25, 0.3) is 0 Å². The summed E-state index contributed by atoms with van der Waals surface area (Å²) in [6, 6.07) is 11.3. The van der Waals surface area contributed by atoms with E-state index in [4.69, 9.17) is 16.3 Å². The molecule has 2 aromatic carbocycles. The second-order valence-corrected chi connectivity index (χ2v) is 9.35. The zero-order chi connectivity index (χ0) is 21.0. The van der Waals surface area contributed by atoms with Gasteiger partial charge in [-0.15, -0.1) is 0 Å². The molecule has 0 aliphatic carbocycles. The molecule has 0 radical (unpaired) electrons. The van der Waals surface area contributed by atoms with Crippen LogP contribution in [0.2, 0.25) is 5.02 Å². The fourth-order valence-corrected chi connectivity index (χ4v) is 4.99. The summed E-state index contributed by atoms with van der Waals surface area (Å²) < 4.78 is 33.1. The molecule has 156 valence electrons. The van der Waals surface area contributed by atoms with Crippen molar-refractivity contribution < 1.29 is 17.9 Å². The molecule has 0 spiro atoms. The third kappa shape index (κ3) is 4.85. The fourth-order valence-electron chi connectivity index (χ4n) is 3.33. The number of sulfonamides is 1. The molecule has 1 heterocycles. The number of rotatable bonds is 6. The van der Waals surface area contributed by atoms with Gasteiger partial charge < -0.3 is 9.64 Å². The number of hydrogen-bond acceptors (Lipinski definition) is 4. The first-order valence-corrected chi connectivity index (χ1v) is 11.4. The Morgan fingerprint density at radius 1 is 1.10 bits per heavy atom. The van der Waals surface area contributed by atoms with E-state index in [2.05, 4.69) is 0 Å². The van der Waals surface area contributed by atoms with E-state index >= 15 is 0 Å². The lowest BCUT2D eigenvalue weighted by molar-refractivity contribution is -0.130. The van der Waals surface area contributed by atoms with Crippen LogP contribution in [0.1, 0.15) is 24.8 Å². The molecule has 29 heavy (non-hydrogen) atoms. The molecule has 0 saturated carbocycles. The van der Waals surface area contributed by atoms with Crippen molar-refractivity contribution in [2.45, 2.75) is 31.1 Å². The maximum absolute atomic E-state index is 13.4. The van der Waals surface area contributed by atoms with Crippen molar-refractivity contribution >= 4 is 33.2 Å². The number of amides is 1. The Balaban J connectivity index is 1.99. The Hall–Kier alpha value is -2.25. The van der Waals surface area contributed by atoms with Crippen molar-refractivity contribution in [2.24, 2.45) is 0 Å². The molecule has 1 amide bonds. The van der Waals surface area contributed by atoms with E-state index in [1.807, 2.05) is 6.92 Å². The lowest BCUT2D eigenvalue weighted by Crippen LogP contribution is -2.44. The van der Waals surface area contributed by atoms with Crippen molar-refractivity contribution in [1.29, 1.82) is 0 Å². The summed E-state index contributed by atoms with van der Waals surface area (Å²) >= 11 is 6.23. The van der Waals surface area contributed by atoms with E-state index < -0.39 is 10.0 Å². The van der Waals surface area contributed by atoms with E-state index in [9.17, 15) is 13.2 Å². The van der Waals surface area contributed by atoms with E-state index in [0.717, 1.165) is 29.1 Å². The van der Waals surface area contributed by atoms with Crippen molar-refractivity contribution in [2.75, 3.05) is 31.0 Å². The van der Waals surface area contributed by atoms with Crippen LogP contribution in [-0.4, -0.2) is 46.0 Å². The van der Waals surface area contributed by atoms with Crippen LogP contribution in [0.3, 0.4) is 0 Å². The van der Waals surface area contributed by atoms with Gasteiger partial charge in [-0.3, -0.25) is 9.10 Å². The standard InChI is InChI=1S/C21H25ClN2O4S/c1-16-6-9-18(10-7-16)29(26,27)24(15-21(25)23-12-4-3-5-13-23)17-8-11-20(28-2)19(22)14-17/h6-11,14H,3-5,12-13,15H2,1-2H3. The van der Waals surface area contributed by atoms with Crippen molar-refractivity contribution in [3.63, 3.8) is 0 Å². The molecule has 0 unspecified atom stereocenters. The van der Waals surface area contributed by atoms with Gasteiger partial charge in [0.1, 0.15) is 12.3 Å². The van der Waals surface area contributed by atoms with Gasteiger partial charge in [0.15, 0.2) is 0 Å². The largest absolute Gasteiger partial charge is 0.495 e. The fraction of sp³-hybridized carbons (Fsp3) is 0.381. The Kier molecular flexibility index (Phi) is 6.70. The SMILES string of the molecule is COc1ccc(N(CC(=O)N2CCCCC2)S(=O)(=O)c2ccc(C)cc2)cc1Cl. The second kappa shape index (κ2) is 9.05. The number of aryl methyl sites for hydroxylation is 1. The molecule has 1 aliphatic rings. The predicted octanol–water partition coefficient (Wildman–Crippen LogP) is 3.86. The Labute approximate surface area is 177 Å². The zero-order valence-electron chi connectivity index (χ0n) is 16.6. The maximum atomic E-state index is 13.4. The second-order valence-electron chi connectivity index (χ2n) is 7.09. The number of piperidine rings is 1. The summed E-state index contributed by atoms with van der Waals surface area (Å²) in [4.78, 5) is 14.7. The van der Waals surface area contributed by atoms with Gasteiger partial charge in [-0.2, -0.15) is 0 Å². The highest BCUT2D eigenvalue weighted by atomic mass is 35.5. The van der Waals surface area contributed by atoms with E-state index in [0.29, 0.717) is 24.5 Å². The Morgan fingerprint density at radius 3 is 2.34 bits per heavy atom. The molecule has 0 bridgehead atoms. The van der Waals surface area contributed by atoms with Gasteiger partial charge in [0, 0.05) is 13.1 Å². The summed E-state index contributed by atoms with van der Waals surface area (Å²) in [7, 11) is -2.47. The first kappa shape index (κ1) is 21.5. The van der Waals surface area contributed by atoms with E-state index in [1.54, 1.807) is 41.3 Å². The third-order valence-corrected chi connectivity index (χ3v) is 7.10. The highest BCUT2D eigenvalue weighted by molar-refractivity contribution is 7.92. The minimum atomic E-state index is -3.95. The zero-order valence-corrected chi connectivity index (χ0v) is 18.2. The molecular formula is C21H25ClN2O4S. The topological polar surface area (TPSA) is 66.9 Å². The molecule has 1 aliphatic heterocycles. The smallest absolute Gasteiger partial charge is 0.264 e. The first-order valence-electron chi connectivity index (χ1n) is 9.53. The molecule has 6 nitrogen and oxygen atoms in total. The van der Waals surface area contributed by atoms with Crippen molar-refractivity contribution in [1.82, 2.24) is 4.90 Å². The van der Waals surface area contributed by atoms with Crippen LogP contribution in [0.4, 0.5) is 5.69 Å². The number of halogens is 1. The van der Waals surface area contributed by atoms with Gasteiger partial charge in [-0.05, 0) is 56.5 Å². The van der Waals surface area contributed by atoms with Gasteiger partial charge in [-0.25, -0.2) is 8.42 Å². The van der Waals surface area contributed by atoms with Crippen LogP contribution < -0.4 is 9.04 Å². The number of nitrogens with zero attached hydrogens (tertiary/aromatic N) is 2. The quantitative estimate of drug-likeness (QED) is 0.689. The number of carbonyl (C=O) groups excluding carboxylic acids is 1. The Bertz CT molecular complexity index is 971. The molecule has 0 N–H and O–H groups in total. The highest BCUT2D eigenvalue weighted by Gasteiger charge is 2.30. The summed E-state index contributed by atoms with van der Waals surface area (Å²) in [6.07, 6.45) is 2.96. The van der Waals surface area contributed by atoms with Gasteiger partial charge in [0.25, 0.3) is 10.0 Å². The van der Waals surface area contributed by atoms with Crippen LogP contribution in [-0.2, 0) is 14.8 Å². The summed E-state index contributed by atoms with van der Waals surface area (Å²) in [5, 5.41) is 0.277. The Morgan fingerprint density at radius 2 is 1.76 bits per heavy atom. The van der Waals surface area contributed by atoms with Gasteiger partial charge in [0.05, 0.1) is 22.7 Å². The normalized spacial score (nSPS) is 14.5. The number of hydrogen-bond donors (Lipinski definition) is 0. The number of carbonyl (C=O) groups is 1. The summed E-state index contributed by atoms with van der Waals surface area (Å²) in [5.41, 5.74) is 1.27. The van der Waals surface area contributed by atoms with Crippen LogP contribution in [0.5, 0.6) is 5.75 Å². The molecule has 0 atom stereocenters. The number of methoxy groups -OCH3 is 1. The third-order valence-electron chi connectivity index (χ3n) is 5.02.